The fourth-order valence-electron chi connectivity index (χ4n) is 2.04. The van der Waals surface area contributed by atoms with E-state index in [-0.39, 0.29) is 6.42 Å². The van der Waals surface area contributed by atoms with Gasteiger partial charge in [-0.1, -0.05) is 26.1 Å². The SMILES string of the molecule is COc1ccc(CCCCC(C(C)=O)P(=O)([O-])[O-])cc1. The molecule has 1 atom stereocenters. The molecule has 112 valence electrons. The van der Waals surface area contributed by atoms with Crippen LogP contribution in [0.4, 0.5) is 0 Å². The molecule has 0 aromatic heterocycles. The molecule has 5 nitrogen and oxygen atoms in total. The highest BCUT2D eigenvalue weighted by Gasteiger charge is 2.17. The summed E-state index contributed by atoms with van der Waals surface area (Å²) in [6.45, 7) is 1.15. The third-order valence-corrected chi connectivity index (χ3v) is 4.59. The summed E-state index contributed by atoms with van der Waals surface area (Å²) in [5.41, 5.74) is -0.268. The van der Waals surface area contributed by atoms with Crippen LogP contribution in [0.1, 0.15) is 31.7 Å². The van der Waals surface area contributed by atoms with Gasteiger partial charge in [-0.2, -0.15) is 0 Å². The van der Waals surface area contributed by atoms with Crippen LogP contribution in [0.5, 0.6) is 5.75 Å². The molecule has 1 aromatic carbocycles. The standard InChI is InChI=1S/C14H21O5P/c1-11(15)14(20(16,17)18)6-4-3-5-12-7-9-13(19-2)10-8-12/h7-10,14H,3-6H2,1-2H3,(H2,16,17,18)/p-2. The molecule has 0 fully saturated rings. The zero-order chi connectivity index (χ0) is 15.2. The van der Waals surface area contributed by atoms with Crippen molar-refractivity contribution in [2.45, 2.75) is 38.3 Å². The minimum atomic E-state index is -4.82. The fraction of sp³-hybridized carbons (Fsp3) is 0.500. The molecular weight excluding hydrogens is 279 g/mol. The number of methoxy groups -OCH3 is 1. The maximum Gasteiger partial charge on any atom is 0.137 e. The molecule has 0 saturated heterocycles. The maximum atomic E-state index is 11.1. The van der Waals surface area contributed by atoms with Gasteiger partial charge in [0.1, 0.15) is 11.5 Å². The lowest BCUT2D eigenvalue weighted by Crippen LogP contribution is -2.31. The van der Waals surface area contributed by atoms with E-state index in [0.717, 1.165) is 31.1 Å². The molecule has 1 aromatic rings. The van der Waals surface area contributed by atoms with E-state index in [9.17, 15) is 19.1 Å². The number of carbonyl (C=O) groups excluding carboxylic acids is 1. The Bertz CT molecular complexity index is 477. The van der Waals surface area contributed by atoms with Gasteiger partial charge < -0.3 is 19.1 Å². The minimum absolute atomic E-state index is 0.107. The number of ether oxygens (including phenoxy) is 1. The molecule has 1 rings (SSSR count). The van der Waals surface area contributed by atoms with Crippen LogP contribution in [0.3, 0.4) is 0 Å². The van der Waals surface area contributed by atoms with Crippen molar-refractivity contribution >= 4 is 13.4 Å². The van der Waals surface area contributed by atoms with Crippen LogP contribution < -0.4 is 14.5 Å². The molecule has 0 radical (unpaired) electrons. The summed E-state index contributed by atoms with van der Waals surface area (Å²) < 4.78 is 16.0. The number of hydrogen-bond donors (Lipinski definition) is 0. The maximum absolute atomic E-state index is 11.1. The van der Waals surface area contributed by atoms with Gasteiger partial charge in [0, 0.05) is 5.66 Å². The van der Waals surface area contributed by atoms with Crippen molar-refractivity contribution < 1.29 is 23.9 Å². The van der Waals surface area contributed by atoms with E-state index in [1.165, 1.54) is 0 Å². The Morgan fingerprint density at radius 1 is 1.25 bits per heavy atom. The van der Waals surface area contributed by atoms with Gasteiger partial charge in [-0.15, -0.1) is 0 Å². The van der Waals surface area contributed by atoms with Crippen molar-refractivity contribution in [1.82, 2.24) is 0 Å². The zero-order valence-corrected chi connectivity index (χ0v) is 12.6. The van der Waals surface area contributed by atoms with Gasteiger partial charge in [0.05, 0.1) is 7.11 Å². The highest BCUT2D eigenvalue weighted by molar-refractivity contribution is 7.50. The van der Waals surface area contributed by atoms with Gasteiger partial charge in [0.2, 0.25) is 0 Å². The predicted molar refractivity (Wildman–Crippen MR) is 72.6 cm³/mol. The number of rotatable bonds is 8. The van der Waals surface area contributed by atoms with E-state index in [1.54, 1.807) is 7.11 Å². The summed E-state index contributed by atoms with van der Waals surface area (Å²) >= 11 is 0. The Balaban J connectivity index is 2.40. The van der Waals surface area contributed by atoms with Crippen LogP contribution >= 0.6 is 7.60 Å². The summed E-state index contributed by atoms with van der Waals surface area (Å²) in [6, 6.07) is 7.59. The summed E-state index contributed by atoms with van der Waals surface area (Å²) in [4.78, 5) is 33.0. The molecule has 0 heterocycles. The van der Waals surface area contributed by atoms with Gasteiger partial charge in [-0.3, -0.25) is 4.79 Å². The first-order chi connectivity index (χ1) is 9.34. The smallest absolute Gasteiger partial charge is 0.137 e. The Morgan fingerprint density at radius 2 is 1.85 bits per heavy atom. The number of benzene rings is 1. The predicted octanol–water partition coefficient (Wildman–Crippen LogP) is 1.28. The first kappa shape index (κ1) is 16.9. The van der Waals surface area contributed by atoms with E-state index in [2.05, 4.69) is 0 Å². The van der Waals surface area contributed by atoms with Crippen LogP contribution in [0, 0.1) is 0 Å². The van der Waals surface area contributed by atoms with Crippen LogP contribution in [-0.2, 0) is 15.8 Å². The second kappa shape index (κ2) is 7.58. The quantitative estimate of drug-likeness (QED) is 0.532. The van der Waals surface area contributed by atoms with Crippen molar-refractivity contribution in [3.63, 3.8) is 0 Å². The van der Waals surface area contributed by atoms with Crippen LogP contribution in [0.2, 0.25) is 0 Å². The number of hydrogen-bond acceptors (Lipinski definition) is 5. The lowest BCUT2D eigenvalue weighted by atomic mass is 10.1. The number of ketones is 1. The zero-order valence-electron chi connectivity index (χ0n) is 11.7. The normalized spacial score (nSPS) is 13.0. The van der Waals surface area contributed by atoms with Crippen molar-refractivity contribution in [3.05, 3.63) is 29.8 Å². The number of carbonyl (C=O) groups is 1. The minimum Gasteiger partial charge on any atom is -0.810 e. The first-order valence-corrected chi connectivity index (χ1v) is 8.11. The lowest BCUT2D eigenvalue weighted by Gasteiger charge is -2.36. The Morgan fingerprint density at radius 3 is 2.30 bits per heavy atom. The van der Waals surface area contributed by atoms with E-state index in [4.69, 9.17) is 4.74 Å². The second-order valence-corrected chi connectivity index (χ2v) is 6.46. The van der Waals surface area contributed by atoms with Crippen molar-refractivity contribution in [2.75, 3.05) is 7.11 Å². The molecule has 0 aliphatic heterocycles. The molecule has 1 unspecified atom stereocenters. The number of Topliss-reactive ketones (excluding diaryl/α,β-unsaturated/α-hetero) is 1. The molecule has 20 heavy (non-hydrogen) atoms. The van der Waals surface area contributed by atoms with Gasteiger partial charge in [-0.05, 0) is 43.9 Å². The number of unbranched alkanes of at least 4 members (excludes halogenated alkanes) is 1. The molecule has 0 aliphatic rings. The van der Waals surface area contributed by atoms with Crippen molar-refractivity contribution in [2.24, 2.45) is 0 Å². The molecule has 0 spiro atoms. The fourth-order valence-corrected chi connectivity index (χ4v) is 2.99. The Kier molecular flexibility index (Phi) is 6.40. The third-order valence-electron chi connectivity index (χ3n) is 3.20. The van der Waals surface area contributed by atoms with Crippen molar-refractivity contribution in [1.29, 1.82) is 0 Å². The van der Waals surface area contributed by atoms with E-state index < -0.39 is 19.0 Å². The molecular formula is C14H19O5P-2. The van der Waals surface area contributed by atoms with E-state index in [0.29, 0.717) is 6.42 Å². The van der Waals surface area contributed by atoms with E-state index >= 15 is 0 Å². The van der Waals surface area contributed by atoms with Crippen molar-refractivity contribution in [3.8, 4) is 5.75 Å². The van der Waals surface area contributed by atoms with Gasteiger partial charge in [0.15, 0.2) is 0 Å². The largest absolute Gasteiger partial charge is 0.810 e. The molecule has 0 bridgehead atoms. The summed E-state index contributed by atoms with van der Waals surface area (Å²) in [5.74, 6) is 0.215. The average Bonchev–Trinajstić information content (AvgIpc) is 2.37. The monoisotopic (exact) mass is 298 g/mol. The summed E-state index contributed by atoms with van der Waals surface area (Å²) in [6.07, 6.45) is 2.15. The Hall–Kier alpha value is -1.16. The highest BCUT2D eigenvalue weighted by Crippen LogP contribution is 2.35. The van der Waals surface area contributed by atoms with Gasteiger partial charge >= 0.3 is 0 Å². The lowest BCUT2D eigenvalue weighted by molar-refractivity contribution is -0.315. The molecule has 6 heteroatoms. The van der Waals surface area contributed by atoms with Crippen LogP contribution in [0.25, 0.3) is 0 Å². The summed E-state index contributed by atoms with van der Waals surface area (Å²) in [7, 11) is -3.22. The average molecular weight is 298 g/mol. The number of aryl methyl sites for hydroxylation is 1. The van der Waals surface area contributed by atoms with Gasteiger partial charge in [-0.25, -0.2) is 0 Å². The molecule has 0 amide bonds. The van der Waals surface area contributed by atoms with Crippen LogP contribution in [-0.4, -0.2) is 18.6 Å². The molecule has 0 N–H and O–H groups in total. The third kappa shape index (κ3) is 5.45. The van der Waals surface area contributed by atoms with E-state index in [1.807, 2.05) is 24.3 Å². The topological polar surface area (TPSA) is 89.5 Å². The second-order valence-electron chi connectivity index (χ2n) is 4.76. The Labute approximate surface area is 119 Å². The van der Waals surface area contributed by atoms with Crippen LogP contribution in [0.15, 0.2) is 24.3 Å². The molecule has 0 saturated carbocycles. The van der Waals surface area contributed by atoms with Gasteiger partial charge in [0.25, 0.3) is 0 Å². The molecule has 0 aliphatic carbocycles. The first-order valence-electron chi connectivity index (χ1n) is 6.49. The summed E-state index contributed by atoms with van der Waals surface area (Å²) in [5, 5.41) is 0. The highest BCUT2D eigenvalue weighted by atomic mass is 31.2.